The highest BCUT2D eigenvalue weighted by molar-refractivity contribution is 6.04. The molecule has 0 radical (unpaired) electrons. The molecule has 154 valence electrons. The van der Waals surface area contributed by atoms with Crippen LogP contribution < -0.4 is 4.90 Å². The molecule has 7 nitrogen and oxygen atoms in total. The summed E-state index contributed by atoms with van der Waals surface area (Å²) in [6.45, 7) is 0.191. The van der Waals surface area contributed by atoms with Crippen LogP contribution in [0.25, 0.3) is 0 Å². The Morgan fingerprint density at radius 1 is 0.897 bits per heavy atom. The number of carbonyl (C=O) groups is 1. The van der Waals surface area contributed by atoms with Gasteiger partial charge in [-0.05, 0) is 23.3 Å². The van der Waals surface area contributed by atoms with Crippen molar-refractivity contribution in [2.75, 3.05) is 18.1 Å². The van der Waals surface area contributed by atoms with Crippen molar-refractivity contribution in [3.63, 3.8) is 0 Å². The molecular formula is C22H25NO6. The van der Waals surface area contributed by atoms with Gasteiger partial charge in [-0.1, -0.05) is 42.5 Å². The third kappa shape index (κ3) is 3.80. The number of ether oxygens (including phenoxy) is 1. The molecule has 2 fully saturated rings. The lowest BCUT2D eigenvalue weighted by molar-refractivity contribution is -0.228. The Bertz CT molecular complexity index is 840. The van der Waals surface area contributed by atoms with E-state index in [4.69, 9.17) is 4.74 Å². The third-order valence-corrected chi connectivity index (χ3v) is 5.81. The summed E-state index contributed by atoms with van der Waals surface area (Å²) in [5, 5.41) is 39.3. The molecule has 4 N–H and O–H groups in total. The first kappa shape index (κ1) is 20.0. The number of carbonyl (C=O) groups excluding carboxylic acids is 1. The third-order valence-electron chi connectivity index (χ3n) is 5.81. The number of nitrogens with zero attached hydrogens (tertiary/aromatic N) is 1. The largest absolute Gasteiger partial charge is 0.394 e. The molecule has 2 aromatic rings. The number of amides is 1. The summed E-state index contributed by atoms with van der Waals surface area (Å²) in [7, 11) is 0. The number of rotatable bonds is 5. The number of aliphatic hydroxyl groups excluding tert-OH is 4. The van der Waals surface area contributed by atoms with Crippen molar-refractivity contribution in [2.45, 2.75) is 42.9 Å². The molecule has 2 aliphatic rings. The normalized spacial score (nSPS) is 32.1. The van der Waals surface area contributed by atoms with E-state index >= 15 is 0 Å². The maximum absolute atomic E-state index is 12.5. The van der Waals surface area contributed by atoms with E-state index in [2.05, 4.69) is 0 Å². The van der Waals surface area contributed by atoms with E-state index in [0.717, 1.165) is 16.8 Å². The van der Waals surface area contributed by atoms with Crippen LogP contribution in [0, 0.1) is 0 Å². The Labute approximate surface area is 168 Å². The number of hydrogen-bond donors (Lipinski definition) is 4. The number of anilines is 1. The standard InChI is InChI=1S/C22H25NO6/c24-12-18-20(26)21(27)19(25)17(29-18)10-13-6-8-14(9-7-13)16-11-23(22(16)28)15-4-2-1-3-5-15/h1-9,16-21,24-27H,10-12H2/t16?,17?,18-,19+,20-,21-/m1/s1. The van der Waals surface area contributed by atoms with E-state index in [-0.39, 0.29) is 11.8 Å². The van der Waals surface area contributed by atoms with Gasteiger partial charge in [-0.25, -0.2) is 0 Å². The molecule has 4 rings (SSSR count). The lowest BCUT2D eigenvalue weighted by Gasteiger charge is -2.40. The first-order valence-electron chi connectivity index (χ1n) is 9.75. The van der Waals surface area contributed by atoms with Gasteiger partial charge in [0, 0.05) is 18.7 Å². The maximum Gasteiger partial charge on any atom is 0.236 e. The maximum atomic E-state index is 12.5. The van der Waals surface area contributed by atoms with E-state index in [1.807, 2.05) is 54.6 Å². The summed E-state index contributed by atoms with van der Waals surface area (Å²) < 4.78 is 5.55. The average molecular weight is 399 g/mol. The summed E-state index contributed by atoms with van der Waals surface area (Å²) in [5.74, 6) is -0.102. The second-order valence-electron chi connectivity index (χ2n) is 7.65. The van der Waals surface area contributed by atoms with E-state index in [1.165, 1.54) is 0 Å². The first-order chi connectivity index (χ1) is 14.0. The Kier molecular flexibility index (Phi) is 5.67. The van der Waals surface area contributed by atoms with Crippen LogP contribution in [0.3, 0.4) is 0 Å². The minimum Gasteiger partial charge on any atom is -0.394 e. The average Bonchev–Trinajstić information content (AvgIpc) is 2.75. The highest BCUT2D eigenvalue weighted by Gasteiger charge is 2.43. The summed E-state index contributed by atoms with van der Waals surface area (Å²) in [6, 6.07) is 17.1. The van der Waals surface area contributed by atoms with Crippen molar-refractivity contribution in [3.8, 4) is 0 Å². The zero-order valence-electron chi connectivity index (χ0n) is 15.8. The molecule has 2 aliphatic heterocycles. The second-order valence-corrected chi connectivity index (χ2v) is 7.65. The molecule has 0 bridgehead atoms. The number of benzene rings is 2. The lowest BCUT2D eigenvalue weighted by Crippen LogP contribution is -2.59. The predicted octanol–water partition coefficient (Wildman–Crippen LogP) is 0.202. The summed E-state index contributed by atoms with van der Waals surface area (Å²) in [4.78, 5) is 14.3. The van der Waals surface area contributed by atoms with E-state index in [9.17, 15) is 25.2 Å². The SMILES string of the molecule is O=C1C(c2ccc(CC3O[C@H](CO)[C@@H](O)[C@H](O)[C@H]3O)cc2)CN1c1ccccc1. The van der Waals surface area contributed by atoms with Crippen molar-refractivity contribution in [1.82, 2.24) is 0 Å². The molecule has 2 aromatic carbocycles. The topological polar surface area (TPSA) is 110 Å². The molecule has 6 atom stereocenters. The van der Waals surface area contributed by atoms with E-state index in [1.54, 1.807) is 4.90 Å². The van der Waals surface area contributed by atoms with Crippen molar-refractivity contribution in [2.24, 2.45) is 0 Å². The van der Waals surface area contributed by atoms with Crippen LogP contribution in [-0.4, -0.2) is 70.0 Å². The van der Waals surface area contributed by atoms with Crippen molar-refractivity contribution < 1.29 is 30.0 Å². The smallest absolute Gasteiger partial charge is 0.236 e. The first-order valence-corrected chi connectivity index (χ1v) is 9.75. The monoisotopic (exact) mass is 399 g/mol. The molecule has 2 unspecified atom stereocenters. The Morgan fingerprint density at radius 3 is 2.17 bits per heavy atom. The van der Waals surface area contributed by atoms with Gasteiger partial charge in [0.2, 0.25) is 5.91 Å². The van der Waals surface area contributed by atoms with Gasteiger partial charge in [-0.15, -0.1) is 0 Å². The number of β-lactam (4-membered cyclic amide) rings is 1. The molecule has 0 spiro atoms. The van der Waals surface area contributed by atoms with Crippen LogP contribution in [0.4, 0.5) is 5.69 Å². The highest BCUT2D eigenvalue weighted by atomic mass is 16.5. The molecule has 2 saturated heterocycles. The van der Waals surface area contributed by atoms with Crippen LogP contribution in [0.5, 0.6) is 0 Å². The molecule has 29 heavy (non-hydrogen) atoms. The van der Waals surface area contributed by atoms with Gasteiger partial charge in [0.05, 0.1) is 18.6 Å². The van der Waals surface area contributed by atoms with Gasteiger partial charge in [0.15, 0.2) is 0 Å². The zero-order valence-corrected chi connectivity index (χ0v) is 15.8. The Balaban J connectivity index is 1.39. The van der Waals surface area contributed by atoms with Gasteiger partial charge in [0.1, 0.15) is 24.4 Å². The summed E-state index contributed by atoms with van der Waals surface area (Å²) in [5.41, 5.74) is 2.69. The van der Waals surface area contributed by atoms with Crippen molar-refractivity contribution in [1.29, 1.82) is 0 Å². The lowest BCUT2D eigenvalue weighted by atomic mass is 9.88. The number of para-hydroxylation sites is 1. The Morgan fingerprint density at radius 2 is 1.55 bits per heavy atom. The second kappa shape index (κ2) is 8.22. The van der Waals surface area contributed by atoms with Crippen LogP contribution in [0.15, 0.2) is 54.6 Å². The molecule has 2 heterocycles. The van der Waals surface area contributed by atoms with E-state index in [0.29, 0.717) is 13.0 Å². The number of hydrogen-bond acceptors (Lipinski definition) is 6. The summed E-state index contributed by atoms with van der Waals surface area (Å²) >= 11 is 0. The molecular weight excluding hydrogens is 374 g/mol. The van der Waals surface area contributed by atoms with Crippen LogP contribution >= 0.6 is 0 Å². The molecule has 0 saturated carbocycles. The highest BCUT2D eigenvalue weighted by Crippen LogP contribution is 2.33. The quantitative estimate of drug-likeness (QED) is 0.535. The molecule has 7 heteroatoms. The van der Waals surface area contributed by atoms with Gasteiger partial charge in [-0.2, -0.15) is 0 Å². The van der Waals surface area contributed by atoms with E-state index < -0.39 is 37.1 Å². The fraction of sp³-hybridized carbons (Fsp3) is 0.409. The van der Waals surface area contributed by atoms with Gasteiger partial charge in [0.25, 0.3) is 0 Å². The fourth-order valence-corrected chi connectivity index (χ4v) is 3.98. The van der Waals surface area contributed by atoms with Crippen LogP contribution in [0.1, 0.15) is 17.0 Å². The van der Waals surface area contributed by atoms with Crippen molar-refractivity contribution >= 4 is 11.6 Å². The molecule has 0 aliphatic carbocycles. The van der Waals surface area contributed by atoms with Crippen LogP contribution in [0.2, 0.25) is 0 Å². The zero-order chi connectivity index (χ0) is 20.5. The van der Waals surface area contributed by atoms with Gasteiger partial charge >= 0.3 is 0 Å². The summed E-state index contributed by atoms with van der Waals surface area (Å²) in [6.07, 6.45) is -5.31. The van der Waals surface area contributed by atoms with Gasteiger partial charge in [-0.3, -0.25) is 4.79 Å². The minimum atomic E-state index is -1.37. The predicted molar refractivity (Wildman–Crippen MR) is 105 cm³/mol. The molecule has 0 aromatic heterocycles. The fourth-order valence-electron chi connectivity index (χ4n) is 3.98. The van der Waals surface area contributed by atoms with Crippen LogP contribution in [-0.2, 0) is 16.0 Å². The minimum absolute atomic E-state index is 0.0675. The van der Waals surface area contributed by atoms with Crippen molar-refractivity contribution in [3.05, 3.63) is 65.7 Å². The number of aliphatic hydroxyl groups is 4. The van der Waals surface area contributed by atoms with Gasteiger partial charge < -0.3 is 30.1 Å². The molecule has 1 amide bonds. The Hall–Kier alpha value is -2.29.